The number of rotatable bonds is 6. The van der Waals surface area contributed by atoms with Crippen molar-refractivity contribution in [2.24, 2.45) is 0 Å². The summed E-state index contributed by atoms with van der Waals surface area (Å²) in [7, 11) is 0. The SMILES string of the molecule is O=C(CNCc1nc(-c2ccccc2)n[nH]1)Nc1cnccn1. The zero-order valence-electron chi connectivity index (χ0n) is 12.2. The molecular weight excluding hydrogens is 294 g/mol. The Labute approximate surface area is 132 Å². The molecule has 0 spiro atoms. The second kappa shape index (κ2) is 7.23. The van der Waals surface area contributed by atoms with Gasteiger partial charge < -0.3 is 10.6 Å². The van der Waals surface area contributed by atoms with Crippen LogP contribution in [0.1, 0.15) is 5.82 Å². The van der Waals surface area contributed by atoms with E-state index in [0.29, 0.717) is 24.0 Å². The predicted molar refractivity (Wildman–Crippen MR) is 84.2 cm³/mol. The van der Waals surface area contributed by atoms with Crippen LogP contribution in [-0.4, -0.2) is 37.6 Å². The van der Waals surface area contributed by atoms with Crippen LogP contribution in [0.2, 0.25) is 0 Å². The lowest BCUT2D eigenvalue weighted by Gasteiger charge is -2.04. The normalized spacial score (nSPS) is 10.4. The van der Waals surface area contributed by atoms with E-state index in [9.17, 15) is 4.79 Å². The molecule has 0 bridgehead atoms. The second-order valence-corrected chi connectivity index (χ2v) is 4.71. The highest BCUT2D eigenvalue weighted by Gasteiger charge is 2.06. The van der Waals surface area contributed by atoms with Gasteiger partial charge in [0.1, 0.15) is 5.82 Å². The number of carbonyl (C=O) groups is 1. The third-order valence-corrected chi connectivity index (χ3v) is 2.97. The third kappa shape index (κ3) is 4.17. The standard InChI is InChI=1S/C15H15N7O/c23-14(19-12-8-16-6-7-18-12)10-17-9-13-20-15(22-21-13)11-4-2-1-3-5-11/h1-8,17H,9-10H2,(H,18,19,23)(H,20,21,22). The Morgan fingerprint density at radius 1 is 1.17 bits per heavy atom. The molecule has 3 aromatic rings. The van der Waals surface area contributed by atoms with Gasteiger partial charge in [0.05, 0.1) is 19.3 Å². The van der Waals surface area contributed by atoms with Crippen LogP contribution < -0.4 is 10.6 Å². The van der Waals surface area contributed by atoms with E-state index in [1.807, 2.05) is 30.3 Å². The maximum atomic E-state index is 11.7. The number of hydrogen-bond donors (Lipinski definition) is 3. The molecule has 0 saturated heterocycles. The van der Waals surface area contributed by atoms with Gasteiger partial charge in [0.15, 0.2) is 11.6 Å². The van der Waals surface area contributed by atoms with E-state index >= 15 is 0 Å². The highest BCUT2D eigenvalue weighted by Crippen LogP contribution is 2.12. The minimum atomic E-state index is -0.201. The zero-order chi connectivity index (χ0) is 15.9. The molecule has 2 aromatic heterocycles. The maximum Gasteiger partial charge on any atom is 0.239 e. The van der Waals surface area contributed by atoms with Gasteiger partial charge in [0, 0.05) is 18.0 Å². The number of H-pyrrole nitrogens is 1. The number of carbonyl (C=O) groups excluding carboxylic acids is 1. The van der Waals surface area contributed by atoms with E-state index in [1.54, 1.807) is 6.20 Å². The molecule has 0 aliphatic rings. The van der Waals surface area contributed by atoms with Crippen LogP contribution in [0.5, 0.6) is 0 Å². The number of hydrogen-bond acceptors (Lipinski definition) is 6. The van der Waals surface area contributed by atoms with Crippen molar-refractivity contribution in [3.8, 4) is 11.4 Å². The molecule has 0 fully saturated rings. The number of aromatic amines is 1. The number of nitrogens with one attached hydrogen (secondary N) is 3. The van der Waals surface area contributed by atoms with Crippen molar-refractivity contribution < 1.29 is 4.79 Å². The first-order chi connectivity index (χ1) is 11.3. The molecule has 3 N–H and O–H groups in total. The average molecular weight is 309 g/mol. The van der Waals surface area contributed by atoms with Crippen LogP contribution >= 0.6 is 0 Å². The monoisotopic (exact) mass is 309 g/mol. The van der Waals surface area contributed by atoms with Crippen LogP contribution in [0.3, 0.4) is 0 Å². The molecule has 0 unspecified atom stereocenters. The molecule has 0 aliphatic carbocycles. The number of amides is 1. The molecule has 8 nitrogen and oxygen atoms in total. The van der Waals surface area contributed by atoms with Crippen molar-refractivity contribution in [1.29, 1.82) is 0 Å². The van der Waals surface area contributed by atoms with Gasteiger partial charge in [-0.15, -0.1) is 0 Å². The van der Waals surface area contributed by atoms with E-state index in [1.165, 1.54) is 12.4 Å². The van der Waals surface area contributed by atoms with Gasteiger partial charge in [0.2, 0.25) is 5.91 Å². The molecule has 0 atom stereocenters. The van der Waals surface area contributed by atoms with Gasteiger partial charge in [-0.05, 0) is 0 Å². The number of aromatic nitrogens is 5. The highest BCUT2D eigenvalue weighted by atomic mass is 16.1. The summed E-state index contributed by atoms with van der Waals surface area (Å²) in [5.41, 5.74) is 0.940. The van der Waals surface area contributed by atoms with Crippen molar-refractivity contribution >= 4 is 11.7 Å². The van der Waals surface area contributed by atoms with E-state index in [4.69, 9.17) is 0 Å². The highest BCUT2D eigenvalue weighted by molar-refractivity contribution is 5.91. The molecule has 23 heavy (non-hydrogen) atoms. The first-order valence-corrected chi connectivity index (χ1v) is 7.04. The quantitative estimate of drug-likeness (QED) is 0.626. The van der Waals surface area contributed by atoms with Crippen LogP contribution in [0.4, 0.5) is 5.82 Å². The number of benzene rings is 1. The van der Waals surface area contributed by atoms with E-state index in [0.717, 1.165) is 5.56 Å². The summed E-state index contributed by atoms with van der Waals surface area (Å²) < 4.78 is 0. The molecule has 3 rings (SSSR count). The largest absolute Gasteiger partial charge is 0.308 e. The molecule has 1 aromatic carbocycles. The molecular formula is C15H15N7O. The third-order valence-electron chi connectivity index (χ3n) is 2.97. The number of nitrogens with zero attached hydrogens (tertiary/aromatic N) is 4. The Balaban J connectivity index is 1.48. The van der Waals surface area contributed by atoms with Gasteiger partial charge in [-0.1, -0.05) is 30.3 Å². The Morgan fingerprint density at radius 2 is 2.04 bits per heavy atom. The lowest BCUT2D eigenvalue weighted by Crippen LogP contribution is -2.28. The predicted octanol–water partition coefficient (Wildman–Crippen LogP) is 0.990. The zero-order valence-corrected chi connectivity index (χ0v) is 12.2. The van der Waals surface area contributed by atoms with Crippen molar-refractivity contribution in [2.75, 3.05) is 11.9 Å². The van der Waals surface area contributed by atoms with Crippen molar-refractivity contribution in [1.82, 2.24) is 30.5 Å². The molecule has 0 radical (unpaired) electrons. The topological polar surface area (TPSA) is 108 Å². The van der Waals surface area contributed by atoms with E-state index < -0.39 is 0 Å². The maximum absolute atomic E-state index is 11.7. The van der Waals surface area contributed by atoms with Gasteiger partial charge in [0.25, 0.3) is 0 Å². The van der Waals surface area contributed by atoms with Crippen LogP contribution in [0.25, 0.3) is 11.4 Å². The van der Waals surface area contributed by atoms with Gasteiger partial charge in [-0.3, -0.25) is 14.9 Å². The van der Waals surface area contributed by atoms with Crippen LogP contribution in [-0.2, 0) is 11.3 Å². The Morgan fingerprint density at radius 3 is 2.83 bits per heavy atom. The summed E-state index contributed by atoms with van der Waals surface area (Å²) in [6, 6.07) is 9.68. The summed E-state index contributed by atoms with van der Waals surface area (Å²) >= 11 is 0. The van der Waals surface area contributed by atoms with Crippen molar-refractivity contribution in [3.63, 3.8) is 0 Å². The summed E-state index contributed by atoms with van der Waals surface area (Å²) in [4.78, 5) is 24.0. The number of anilines is 1. The summed E-state index contributed by atoms with van der Waals surface area (Å²) in [6.45, 7) is 0.547. The second-order valence-electron chi connectivity index (χ2n) is 4.71. The van der Waals surface area contributed by atoms with Crippen molar-refractivity contribution in [2.45, 2.75) is 6.54 Å². The Hall–Kier alpha value is -3.13. The fourth-order valence-corrected chi connectivity index (χ4v) is 1.94. The lowest BCUT2D eigenvalue weighted by atomic mass is 10.2. The molecule has 0 aliphatic heterocycles. The van der Waals surface area contributed by atoms with Crippen LogP contribution in [0, 0.1) is 0 Å². The lowest BCUT2D eigenvalue weighted by molar-refractivity contribution is -0.115. The molecule has 0 saturated carbocycles. The van der Waals surface area contributed by atoms with Gasteiger partial charge in [-0.25, -0.2) is 9.97 Å². The van der Waals surface area contributed by atoms with E-state index in [2.05, 4.69) is 35.8 Å². The van der Waals surface area contributed by atoms with Crippen LogP contribution in [0.15, 0.2) is 48.9 Å². The first-order valence-electron chi connectivity index (χ1n) is 7.04. The summed E-state index contributed by atoms with van der Waals surface area (Å²) in [5.74, 6) is 1.51. The van der Waals surface area contributed by atoms with Gasteiger partial charge >= 0.3 is 0 Å². The smallest absolute Gasteiger partial charge is 0.239 e. The first kappa shape index (κ1) is 14.8. The Bertz CT molecular complexity index is 758. The summed E-state index contributed by atoms with van der Waals surface area (Å²) in [5, 5.41) is 12.6. The molecule has 116 valence electrons. The average Bonchev–Trinajstić information content (AvgIpc) is 3.05. The molecule has 2 heterocycles. The van der Waals surface area contributed by atoms with E-state index in [-0.39, 0.29) is 12.5 Å². The van der Waals surface area contributed by atoms with Gasteiger partial charge in [-0.2, -0.15) is 5.10 Å². The fraction of sp³-hybridized carbons (Fsp3) is 0.133. The minimum Gasteiger partial charge on any atom is -0.308 e. The minimum absolute atomic E-state index is 0.137. The van der Waals surface area contributed by atoms with Crippen molar-refractivity contribution in [3.05, 3.63) is 54.7 Å². The fourth-order valence-electron chi connectivity index (χ4n) is 1.94. The summed E-state index contributed by atoms with van der Waals surface area (Å²) in [6.07, 6.45) is 4.55. The molecule has 8 heteroatoms. The molecule has 1 amide bonds. The Kier molecular flexibility index (Phi) is 4.65.